The van der Waals surface area contributed by atoms with Crippen LogP contribution in [0.3, 0.4) is 0 Å². The molecule has 0 saturated heterocycles. The second-order valence-corrected chi connectivity index (χ2v) is 39.2. The number of methoxy groups -OCH3 is 2. The summed E-state index contributed by atoms with van der Waals surface area (Å²) in [6.45, 7) is 25.3. The van der Waals surface area contributed by atoms with Gasteiger partial charge in [0.1, 0.15) is 11.5 Å². The van der Waals surface area contributed by atoms with E-state index >= 15 is 0 Å². The van der Waals surface area contributed by atoms with Gasteiger partial charge in [0.2, 0.25) is 0 Å². The molecule has 2 aromatic heterocycles. The monoisotopic (exact) mass is 932 g/mol. The molecule has 2 heterocycles. The van der Waals surface area contributed by atoms with Crippen LogP contribution >= 0.6 is 17.0 Å². The van der Waals surface area contributed by atoms with Crippen LogP contribution in [0.4, 0.5) is 0 Å². The standard InChI is InChI=1S/2C25H25O2.C2H6Si.2ClH.Zr/c2*1-14-7-8-19-12-20(23-11-15(2)18(5)27-23)13-22(19)24(14)21-9-16(3)25(26-6)17(4)10-21;1-3-2;;;/h2*7-13H,1-6H3;1-2H3;2*1H;/q2*-1;;;;+2/p-2. The van der Waals surface area contributed by atoms with Crippen LogP contribution in [-0.4, -0.2) is 19.7 Å². The van der Waals surface area contributed by atoms with Gasteiger partial charge >= 0.3 is 53.5 Å². The first-order valence-corrected chi connectivity index (χ1v) is 32.8. The van der Waals surface area contributed by atoms with E-state index in [4.69, 9.17) is 35.3 Å². The molecule has 4 nitrogen and oxygen atoms in total. The number of hydrogen-bond acceptors (Lipinski definition) is 4. The quantitative estimate of drug-likeness (QED) is 0.123. The Bertz CT molecular complexity index is 2610. The van der Waals surface area contributed by atoms with Crippen molar-refractivity contribution in [1.82, 2.24) is 0 Å². The summed E-state index contributed by atoms with van der Waals surface area (Å²) in [5, 5.41) is 5.01. The number of halogens is 2. The van der Waals surface area contributed by atoms with Crippen LogP contribution in [0.5, 0.6) is 11.5 Å². The Labute approximate surface area is 371 Å². The molecule has 0 fully saturated rings. The summed E-state index contributed by atoms with van der Waals surface area (Å²) in [5.41, 5.74) is 16.6. The topological polar surface area (TPSA) is 44.7 Å². The van der Waals surface area contributed by atoms with E-state index in [0.717, 1.165) is 67.9 Å². The Balaban J connectivity index is 0.000000177. The SMILES string of the molecule is COc1c(C)cc(-c2c(C)ccc3[cH-]c(-c4cc(C)c(C)o4)cc23)cc1C.COc1c(C)cc(-c2c(C)ccc3[cH-]c(-c4cc(C)c(C)o4)cc23)cc1C.C[Si](C)=[Zr]([Cl])[Cl]. The van der Waals surface area contributed by atoms with Crippen molar-refractivity contribution in [3.05, 3.63) is 141 Å². The second-order valence-electron chi connectivity index (χ2n) is 16.3. The molecule has 8 rings (SSSR count). The molecule has 0 bridgehead atoms. The first-order valence-electron chi connectivity index (χ1n) is 20.3. The van der Waals surface area contributed by atoms with Gasteiger partial charge in [0.15, 0.2) is 0 Å². The van der Waals surface area contributed by atoms with Gasteiger partial charge in [-0.15, -0.1) is 57.9 Å². The minimum atomic E-state index is -1.65. The zero-order valence-corrected chi connectivity index (χ0v) is 42.4. The molecule has 0 aliphatic heterocycles. The van der Waals surface area contributed by atoms with Crippen molar-refractivity contribution in [2.75, 3.05) is 14.2 Å². The molecule has 0 unspecified atom stereocenters. The zero-order chi connectivity index (χ0) is 43.7. The average Bonchev–Trinajstić information content (AvgIpc) is 3.97. The first kappa shape index (κ1) is 45.5. The summed E-state index contributed by atoms with van der Waals surface area (Å²) in [6, 6.07) is 30.9. The number of benzene rings is 4. The Morgan fingerprint density at radius 2 is 0.817 bits per heavy atom. The summed E-state index contributed by atoms with van der Waals surface area (Å²) >= 11 is -1.65. The van der Waals surface area contributed by atoms with Crippen LogP contribution in [0.25, 0.3) is 66.4 Å². The van der Waals surface area contributed by atoms with Gasteiger partial charge in [-0.1, -0.05) is 34.4 Å². The van der Waals surface area contributed by atoms with Gasteiger partial charge < -0.3 is 18.3 Å². The number of hydrogen-bond donors (Lipinski definition) is 0. The van der Waals surface area contributed by atoms with Crippen LogP contribution < -0.4 is 9.47 Å². The van der Waals surface area contributed by atoms with E-state index in [2.05, 4.69) is 153 Å². The van der Waals surface area contributed by atoms with Crippen LogP contribution in [0.15, 0.2) is 93.8 Å². The molecule has 0 aliphatic carbocycles. The van der Waals surface area contributed by atoms with Crippen molar-refractivity contribution < 1.29 is 36.3 Å². The van der Waals surface area contributed by atoms with E-state index < -0.39 is 18.0 Å². The molecule has 8 aromatic rings. The van der Waals surface area contributed by atoms with Gasteiger partial charge in [-0.3, -0.25) is 0 Å². The second kappa shape index (κ2) is 18.9. The maximum atomic E-state index is 5.96. The average molecular weight is 935 g/mol. The van der Waals surface area contributed by atoms with E-state index in [0.29, 0.717) is 0 Å². The summed E-state index contributed by atoms with van der Waals surface area (Å²) in [7, 11) is 14.7. The molecule has 0 atom stereocenters. The molecule has 8 heteroatoms. The zero-order valence-electron chi connectivity index (χ0n) is 37.5. The molecule has 0 aliphatic rings. The van der Waals surface area contributed by atoms with Crippen LogP contribution in [-0.2, 0) is 18.0 Å². The van der Waals surface area contributed by atoms with Crippen molar-refractivity contribution in [3.8, 4) is 56.4 Å². The third-order valence-corrected chi connectivity index (χ3v) is 31.1. The Hall–Kier alpha value is -4.06. The summed E-state index contributed by atoms with van der Waals surface area (Å²) < 4.78 is 23.0. The fraction of sp³-hybridized carbons (Fsp3) is 0.269. The Morgan fingerprint density at radius 3 is 1.08 bits per heavy atom. The van der Waals surface area contributed by atoms with Crippen molar-refractivity contribution >= 4 is 44.0 Å². The number of rotatable bonds is 6. The third kappa shape index (κ3) is 9.53. The van der Waals surface area contributed by atoms with E-state index in [1.807, 2.05) is 13.8 Å². The van der Waals surface area contributed by atoms with Crippen molar-refractivity contribution in [2.45, 2.75) is 82.3 Å². The summed E-state index contributed by atoms with van der Waals surface area (Å²) in [5.74, 6) is 5.77. The van der Waals surface area contributed by atoms with E-state index in [9.17, 15) is 0 Å². The van der Waals surface area contributed by atoms with Gasteiger partial charge in [0.25, 0.3) is 0 Å². The van der Waals surface area contributed by atoms with Gasteiger partial charge in [-0.05, 0) is 161 Å². The molecule has 0 amide bonds. The first-order chi connectivity index (χ1) is 28.4. The molecule has 0 N–H and O–H groups in total. The maximum absolute atomic E-state index is 5.96. The fourth-order valence-electron chi connectivity index (χ4n) is 8.10. The molecular formula is C52H56Cl2O4SiZr-2. The van der Waals surface area contributed by atoms with Crippen LogP contribution in [0.2, 0.25) is 13.1 Å². The molecule has 60 heavy (non-hydrogen) atoms. The molecule has 0 saturated carbocycles. The van der Waals surface area contributed by atoms with Gasteiger partial charge in [0.05, 0.1) is 37.3 Å². The van der Waals surface area contributed by atoms with E-state index in [-0.39, 0.29) is 5.43 Å². The number of fused-ring (bicyclic) bond motifs is 2. The van der Waals surface area contributed by atoms with Gasteiger partial charge in [0, 0.05) is 0 Å². The predicted octanol–water partition coefficient (Wildman–Crippen LogP) is 16.2. The van der Waals surface area contributed by atoms with Gasteiger partial charge in [-0.25, -0.2) is 0 Å². The molecule has 0 spiro atoms. The molecule has 6 aromatic carbocycles. The molecule has 312 valence electrons. The van der Waals surface area contributed by atoms with Crippen LogP contribution in [0, 0.1) is 69.2 Å². The number of ether oxygens (including phenoxy) is 2. The molecule has 0 radical (unpaired) electrons. The third-order valence-electron chi connectivity index (χ3n) is 11.4. The van der Waals surface area contributed by atoms with Crippen molar-refractivity contribution in [1.29, 1.82) is 0 Å². The molecular weight excluding hydrogens is 879 g/mol. The van der Waals surface area contributed by atoms with Crippen molar-refractivity contribution in [2.24, 2.45) is 0 Å². The summed E-state index contributed by atoms with van der Waals surface area (Å²) in [4.78, 5) is 0. The fourth-order valence-corrected chi connectivity index (χ4v) is 8.10. The van der Waals surface area contributed by atoms with Crippen molar-refractivity contribution in [3.63, 3.8) is 0 Å². The van der Waals surface area contributed by atoms with Crippen LogP contribution in [0.1, 0.15) is 56.0 Å². The number of aryl methyl sites for hydroxylation is 10. The number of furan rings is 2. The van der Waals surface area contributed by atoms with E-state index in [1.165, 1.54) is 66.1 Å². The normalized spacial score (nSPS) is 11.0. The van der Waals surface area contributed by atoms with Gasteiger partial charge in [-0.2, -0.15) is 0 Å². The Morgan fingerprint density at radius 1 is 0.483 bits per heavy atom. The Kier molecular flexibility index (Phi) is 14.3. The van der Waals surface area contributed by atoms with E-state index in [1.54, 1.807) is 14.2 Å². The predicted molar refractivity (Wildman–Crippen MR) is 255 cm³/mol. The minimum absolute atomic E-state index is 0.224. The summed E-state index contributed by atoms with van der Waals surface area (Å²) in [6.07, 6.45) is 0.